The molecule has 0 radical (unpaired) electrons. The fraction of sp³-hybridized carbons (Fsp3) is 0.923. The Labute approximate surface area is 96.2 Å². The lowest BCUT2D eigenvalue weighted by Crippen LogP contribution is -2.30. The summed E-state index contributed by atoms with van der Waals surface area (Å²) in [6, 6.07) is 0. The summed E-state index contributed by atoms with van der Waals surface area (Å²) < 4.78 is 4.95. The van der Waals surface area contributed by atoms with Crippen LogP contribution in [0.3, 0.4) is 0 Å². The average Bonchev–Trinajstić information content (AvgIpc) is 2.89. The van der Waals surface area contributed by atoms with Crippen LogP contribution in [0.15, 0.2) is 0 Å². The number of fused-ring (bicyclic) bond motifs is 1. The van der Waals surface area contributed by atoms with Crippen molar-refractivity contribution in [1.82, 2.24) is 0 Å². The van der Waals surface area contributed by atoms with E-state index in [-0.39, 0.29) is 11.5 Å². The van der Waals surface area contributed by atoms with Gasteiger partial charge in [-0.15, -0.1) is 0 Å². The third-order valence-electron chi connectivity index (χ3n) is 5.11. The molecule has 0 saturated heterocycles. The normalized spacial score (nSPS) is 46.1. The molecule has 3 aliphatic rings. The summed E-state index contributed by atoms with van der Waals surface area (Å²) in [5, 5.41) is 8.65. The molecule has 3 fully saturated rings. The number of carboxylic acid groups (broad SMARTS) is 1. The van der Waals surface area contributed by atoms with Crippen LogP contribution in [0.4, 0.5) is 4.79 Å². The minimum absolute atomic E-state index is 0.0212. The van der Waals surface area contributed by atoms with E-state index in [1.807, 2.05) is 0 Å². The van der Waals surface area contributed by atoms with Crippen LogP contribution in [-0.2, 0) is 4.74 Å². The Balaban J connectivity index is 1.61. The molecule has 3 saturated carbocycles. The summed E-state index contributed by atoms with van der Waals surface area (Å²) in [4.78, 5) is 10.5. The third-order valence-corrected chi connectivity index (χ3v) is 5.11. The van der Waals surface area contributed by atoms with Gasteiger partial charge in [-0.05, 0) is 37.5 Å². The van der Waals surface area contributed by atoms with Crippen molar-refractivity contribution >= 4 is 6.16 Å². The minimum atomic E-state index is -1.09. The van der Waals surface area contributed by atoms with Crippen LogP contribution in [0, 0.1) is 17.3 Å². The van der Waals surface area contributed by atoms with Gasteiger partial charge in [-0.2, -0.15) is 0 Å². The standard InChI is InChI=1S/C13H20O3/c14-12(15)16-11-8-13(11)6-5-9-3-1-2-4-10(9)7-13/h9-11H,1-8H2,(H,14,15). The lowest BCUT2D eigenvalue weighted by atomic mass is 9.66. The Kier molecular flexibility index (Phi) is 2.37. The fourth-order valence-electron chi connectivity index (χ4n) is 4.11. The van der Waals surface area contributed by atoms with Crippen LogP contribution < -0.4 is 0 Å². The van der Waals surface area contributed by atoms with Gasteiger partial charge >= 0.3 is 6.16 Å². The van der Waals surface area contributed by atoms with Crippen molar-refractivity contribution in [3.63, 3.8) is 0 Å². The molecular weight excluding hydrogens is 204 g/mol. The lowest BCUT2D eigenvalue weighted by Gasteiger charge is -2.39. The molecule has 3 heteroatoms. The number of hydrogen-bond acceptors (Lipinski definition) is 2. The topological polar surface area (TPSA) is 46.5 Å². The first-order valence-corrected chi connectivity index (χ1v) is 6.59. The predicted molar refractivity (Wildman–Crippen MR) is 59.2 cm³/mol. The summed E-state index contributed by atoms with van der Waals surface area (Å²) in [7, 11) is 0. The smallest absolute Gasteiger partial charge is 0.450 e. The molecule has 3 aliphatic carbocycles. The molecule has 3 rings (SSSR count). The second-order valence-electron chi connectivity index (χ2n) is 5.99. The van der Waals surface area contributed by atoms with E-state index in [1.54, 1.807) is 0 Å². The van der Waals surface area contributed by atoms with Gasteiger partial charge in [0.25, 0.3) is 0 Å². The highest BCUT2D eigenvalue weighted by Crippen LogP contribution is 2.62. The summed E-state index contributed by atoms with van der Waals surface area (Å²) in [6.07, 6.45) is 9.22. The molecule has 0 amide bonds. The Morgan fingerprint density at radius 3 is 2.62 bits per heavy atom. The molecule has 0 aromatic carbocycles. The molecule has 0 aromatic heterocycles. The minimum Gasteiger partial charge on any atom is -0.450 e. The maximum Gasteiger partial charge on any atom is 0.506 e. The van der Waals surface area contributed by atoms with Gasteiger partial charge < -0.3 is 9.84 Å². The molecule has 4 atom stereocenters. The highest BCUT2D eigenvalue weighted by molar-refractivity contribution is 5.57. The highest BCUT2D eigenvalue weighted by atomic mass is 16.7. The van der Waals surface area contributed by atoms with Crippen molar-refractivity contribution < 1.29 is 14.6 Å². The molecule has 3 nitrogen and oxygen atoms in total. The van der Waals surface area contributed by atoms with Crippen molar-refractivity contribution in [1.29, 1.82) is 0 Å². The SMILES string of the molecule is O=C(O)OC1CC12CCC1CCCCC1C2. The molecular formula is C13H20O3. The first kappa shape index (κ1) is 10.4. The van der Waals surface area contributed by atoms with Crippen molar-refractivity contribution in [2.45, 2.75) is 57.5 Å². The Hall–Kier alpha value is -0.730. The number of ether oxygens (including phenoxy) is 1. The van der Waals surface area contributed by atoms with E-state index in [1.165, 1.54) is 44.9 Å². The fourth-order valence-corrected chi connectivity index (χ4v) is 4.11. The Morgan fingerprint density at radius 2 is 1.88 bits per heavy atom. The molecule has 0 aromatic rings. The predicted octanol–water partition coefficient (Wildman–Crippen LogP) is 3.43. The van der Waals surface area contributed by atoms with Crippen LogP contribution in [0.5, 0.6) is 0 Å². The van der Waals surface area contributed by atoms with Crippen molar-refractivity contribution in [2.75, 3.05) is 0 Å². The first-order chi connectivity index (χ1) is 7.70. The third kappa shape index (κ3) is 1.70. The van der Waals surface area contributed by atoms with Crippen LogP contribution in [0.1, 0.15) is 51.4 Å². The zero-order valence-electron chi connectivity index (χ0n) is 9.65. The van der Waals surface area contributed by atoms with Crippen LogP contribution in [-0.4, -0.2) is 17.4 Å². The second-order valence-corrected chi connectivity index (χ2v) is 5.99. The van der Waals surface area contributed by atoms with Gasteiger partial charge in [-0.1, -0.05) is 25.7 Å². The van der Waals surface area contributed by atoms with Gasteiger partial charge in [0, 0.05) is 5.41 Å². The number of hydrogen-bond donors (Lipinski definition) is 1. The molecule has 4 unspecified atom stereocenters. The van der Waals surface area contributed by atoms with Crippen molar-refractivity contribution in [3.05, 3.63) is 0 Å². The largest absolute Gasteiger partial charge is 0.506 e. The number of carbonyl (C=O) groups is 1. The first-order valence-electron chi connectivity index (χ1n) is 6.59. The monoisotopic (exact) mass is 224 g/mol. The maximum atomic E-state index is 10.5. The van der Waals surface area contributed by atoms with Crippen molar-refractivity contribution in [3.8, 4) is 0 Å². The van der Waals surface area contributed by atoms with Crippen molar-refractivity contribution in [2.24, 2.45) is 17.3 Å². The van der Waals surface area contributed by atoms with Gasteiger partial charge in [0.05, 0.1) is 0 Å². The van der Waals surface area contributed by atoms with Gasteiger partial charge in [0.2, 0.25) is 0 Å². The van der Waals surface area contributed by atoms with Gasteiger partial charge in [0.1, 0.15) is 6.10 Å². The maximum absolute atomic E-state index is 10.5. The summed E-state index contributed by atoms with van der Waals surface area (Å²) >= 11 is 0. The van der Waals surface area contributed by atoms with E-state index >= 15 is 0 Å². The molecule has 1 spiro atoms. The lowest BCUT2D eigenvalue weighted by molar-refractivity contribution is 0.0460. The number of rotatable bonds is 1. The molecule has 1 N–H and O–H groups in total. The van der Waals surface area contributed by atoms with Crippen LogP contribution in [0.2, 0.25) is 0 Å². The van der Waals surface area contributed by atoms with E-state index < -0.39 is 6.16 Å². The molecule has 0 heterocycles. The Bertz CT molecular complexity index is 302. The van der Waals surface area contributed by atoms with Gasteiger partial charge in [-0.25, -0.2) is 4.79 Å². The molecule has 90 valence electrons. The summed E-state index contributed by atoms with van der Waals surface area (Å²) in [5.74, 6) is 1.80. The molecule has 0 aliphatic heterocycles. The quantitative estimate of drug-likeness (QED) is 0.694. The zero-order chi connectivity index (χ0) is 11.2. The van der Waals surface area contributed by atoms with E-state index in [2.05, 4.69) is 0 Å². The van der Waals surface area contributed by atoms with E-state index in [4.69, 9.17) is 9.84 Å². The van der Waals surface area contributed by atoms with Gasteiger partial charge in [0.15, 0.2) is 0 Å². The van der Waals surface area contributed by atoms with E-state index in [9.17, 15) is 4.79 Å². The zero-order valence-corrected chi connectivity index (χ0v) is 9.65. The van der Waals surface area contributed by atoms with Crippen LogP contribution >= 0.6 is 0 Å². The van der Waals surface area contributed by atoms with E-state index in [0.717, 1.165) is 18.3 Å². The summed E-state index contributed by atoms with van der Waals surface area (Å²) in [6.45, 7) is 0. The van der Waals surface area contributed by atoms with Gasteiger partial charge in [-0.3, -0.25) is 0 Å². The second kappa shape index (κ2) is 3.64. The van der Waals surface area contributed by atoms with Crippen LogP contribution in [0.25, 0.3) is 0 Å². The summed E-state index contributed by atoms with van der Waals surface area (Å²) in [5.41, 5.74) is 0.261. The molecule has 0 bridgehead atoms. The van der Waals surface area contributed by atoms with E-state index in [0.29, 0.717) is 0 Å². The molecule has 16 heavy (non-hydrogen) atoms. The Morgan fingerprint density at radius 1 is 1.12 bits per heavy atom. The highest BCUT2D eigenvalue weighted by Gasteiger charge is 2.59. The average molecular weight is 224 g/mol.